The van der Waals surface area contributed by atoms with Gasteiger partial charge in [0.05, 0.1) is 17.3 Å². The summed E-state index contributed by atoms with van der Waals surface area (Å²) in [5, 5.41) is 2.33. The number of ether oxygens (including phenoxy) is 1. The number of hydrogen-bond acceptors (Lipinski definition) is 4. The number of anilines is 2. The second-order valence-electron chi connectivity index (χ2n) is 5.29. The fourth-order valence-electron chi connectivity index (χ4n) is 2.47. The van der Waals surface area contributed by atoms with E-state index in [2.05, 4.69) is 5.32 Å². The van der Waals surface area contributed by atoms with Gasteiger partial charge < -0.3 is 10.1 Å². The van der Waals surface area contributed by atoms with Crippen molar-refractivity contribution in [2.45, 2.75) is 6.92 Å². The highest BCUT2D eigenvalue weighted by Gasteiger charge is 2.40. The van der Waals surface area contributed by atoms with Crippen molar-refractivity contribution in [3.63, 3.8) is 0 Å². The lowest BCUT2D eigenvalue weighted by molar-refractivity contribution is -0.120. The van der Waals surface area contributed by atoms with Crippen LogP contribution in [0.2, 0.25) is 5.02 Å². The third-order valence-electron chi connectivity index (χ3n) is 3.62. The van der Waals surface area contributed by atoms with E-state index in [1.54, 1.807) is 31.2 Å². The summed E-state index contributed by atoms with van der Waals surface area (Å²) in [6.45, 7) is 2.16. The summed E-state index contributed by atoms with van der Waals surface area (Å²) in [5.41, 5.74) is 0.493. The Morgan fingerprint density at radius 1 is 1.12 bits per heavy atom. The molecule has 2 aromatic rings. The minimum absolute atomic E-state index is 0.120. The Bertz CT molecular complexity index is 930. The maximum absolute atomic E-state index is 13.3. The number of carbonyl (C=O) groups excluding carboxylic acids is 2. The minimum atomic E-state index is -0.681. The van der Waals surface area contributed by atoms with E-state index in [0.717, 1.165) is 11.0 Å². The normalized spacial score (nSPS) is 14.2. The molecule has 1 N–H and O–H groups in total. The Balaban J connectivity index is 1.94. The zero-order valence-electron chi connectivity index (χ0n) is 13.6. The topological polar surface area (TPSA) is 58.6 Å². The standard InChI is InChI=1S/C18H13Cl2FN2O3/c1-2-26-14-6-4-3-5-13(14)23-17(24)15(20)16(18(23)25)22-10-7-8-12(21)11(19)9-10/h3-9,22H,2H2,1H3. The molecule has 1 aliphatic heterocycles. The molecule has 8 heteroatoms. The number of carbonyl (C=O) groups is 2. The van der Waals surface area contributed by atoms with Gasteiger partial charge in [-0.2, -0.15) is 0 Å². The summed E-state index contributed by atoms with van der Waals surface area (Å²) in [4.78, 5) is 26.2. The van der Waals surface area contributed by atoms with Crippen LogP contribution in [-0.4, -0.2) is 18.4 Å². The van der Waals surface area contributed by atoms with Gasteiger partial charge in [0, 0.05) is 5.69 Å². The molecule has 1 aliphatic rings. The average Bonchev–Trinajstić information content (AvgIpc) is 2.83. The van der Waals surface area contributed by atoms with Crippen LogP contribution in [0.4, 0.5) is 15.8 Å². The van der Waals surface area contributed by atoms with Gasteiger partial charge in [-0.1, -0.05) is 35.3 Å². The highest BCUT2D eigenvalue weighted by atomic mass is 35.5. The predicted octanol–water partition coefficient (Wildman–Crippen LogP) is 4.31. The second-order valence-corrected chi connectivity index (χ2v) is 6.07. The van der Waals surface area contributed by atoms with Crippen LogP contribution in [-0.2, 0) is 9.59 Å². The molecule has 0 spiro atoms. The van der Waals surface area contributed by atoms with Gasteiger partial charge >= 0.3 is 0 Å². The summed E-state index contributed by atoms with van der Waals surface area (Å²) in [7, 11) is 0. The van der Waals surface area contributed by atoms with Crippen molar-refractivity contribution in [3.05, 3.63) is 64.0 Å². The van der Waals surface area contributed by atoms with Crippen LogP contribution >= 0.6 is 23.2 Å². The van der Waals surface area contributed by atoms with E-state index in [4.69, 9.17) is 27.9 Å². The van der Waals surface area contributed by atoms with Crippen molar-refractivity contribution in [2.75, 3.05) is 16.8 Å². The third-order valence-corrected chi connectivity index (χ3v) is 4.26. The molecule has 0 saturated carbocycles. The predicted molar refractivity (Wildman–Crippen MR) is 98.0 cm³/mol. The summed E-state index contributed by atoms with van der Waals surface area (Å²) in [6, 6.07) is 10.5. The summed E-state index contributed by atoms with van der Waals surface area (Å²) in [5.74, 6) is -1.54. The van der Waals surface area contributed by atoms with Crippen LogP contribution in [0.1, 0.15) is 6.92 Å². The van der Waals surface area contributed by atoms with Gasteiger partial charge in [0.2, 0.25) is 0 Å². The molecule has 0 radical (unpaired) electrons. The molecule has 0 aromatic heterocycles. The fraction of sp³-hybridized carbons (Fsp3) is 0.111. The largest absolute Gasteiger partial charge is 0.492 e. The van der Waals surface area contributed by atoms with Crippen LogP contribution in [0, 0.1) is 5.82 Å². The molecule has 2 aromatic carbocycles. The second kappa shape index (κ2) is 7.35. The van der Waals surface area contributed by atoms with Crippen molar-refractivity contribution in [1.82, 2.24) is 0 Å². The van der Waals surface area contributed by atoms with Crippen molar-refractivity contribution >= 4 is 46.4 Å². The maximum Gasteiger partial charge on any atom is 0.283 e. The minimum Gasteiger partial charge on any atom is -0.492 e. The monoisotopic (exact) mass is 394 g/mol. The first-order valence-corrected chi connectivity index (χ1v) is 8.42. The van der Waals surface area contributed by atoms with E-state index in [1.165, 1.54) is 12.1 Å². The molecule has 0 fully saturated rings. The summed E-state index contributed by atoms with van der Waals surface area (Å²) >= 11 is 11.8. The molecule has 3 rings (SSSR count). The van der Waals surface area contributed by atoms with Crippen molar-refractivity contribution in [3.8, 4) is 5.75 Å². The van der Waals surface area contributed by atoms with Crippen LogP contribution in [0.15, 0.2) is 53.2 Å². The maximum atomic E-state index is 13.3. The first-order valence-electron chi connectivity index (χ1n) is 7.66. The quantitative estimate of drug-likeness (QED) is 0.767. The van der Waals surface area contributed by atoms with Crippen LogP contribution in [0.25, 0.3) is 0 Å². The van der Waals surface area contributed by atoms with E-state index in [1.807, 2.05) is 0 Å². The van der Waals surface area contributed by atoms with Crippen molar-refractivity contribution in [1.29, 1.82) is 0 Å². The van der Waals surface area contributed by atoms with Crippen LogP contribution < -0.4 is 15.0 Å². The van der Waals surface area contributed by atoms with Gasteiger partial charge in [-0.25, -0.2) is 9.29 Å². The van der Waals surface area contributed by atoms with Gasteiger partial charge in [-0.05, 0) is 37.3 Å². The Morgan fingerprint density at radius 3 is 2.54 bits per heavy atom. The average molecular weight is 395 g/mol. The first kappa shape index (κ1) is 18.2. The molecule has 0 bridgehead atoms. The number of hydrogen-bond donors (Lipinski definition) is 1. The number of para-hydroxylation sites is 2. The molecule has 0 aliphatic carbocycles. The first-order chi connectivity index (χ1) is 12.4. The van der Waals surface area contributed by atoms with Gasteiger partial charge in [0.25, 0.3) is 11.8 Å². The lowest BCUT2D eigenvalue weighted by Gasteiger charge is -2.18. The Hall–Kier alpha value is -2.57. The smallest absolute Gasteiger partial charge is 0.283 e. The van der Waals surface area contributed by atoms with Gasteiger partial charge in [-0.3, -0.25) is 9.59 Å². The van der Waals surface area contributed by atoms with Gasteiger partial charge in [0.1, 0.15) is 22.3 Å². The van der Waals surface area contributed by atoms with E-state index in [9.17, 15) is 14.0 Å². The number of nitrogens with one attached hydrogen (secondary N) is 1. The van der Waals surface area contributed by atoms with E-state index < -0.39 is 17.6 Å². The molecule has 134 valence electrons. The molecule has 0 atom stereocenters. The van der Waals surface area contributed by atoms with Crippen LogP contribution in [0.5, 0.6) is 5.75 Å². The van der Waals surface area contributed by atoms with Gasteiger partial charge in [-0.15, -0.1) is 0 Å². The zero-order valence-corrected chi connectivity index (χ0v) is 15.1. The molecular formula is C18H13Cl2FN2O3. The van der Waals surface area contributed by atoms with Gasteiger partial charge in [0.15, 0.2) is 0 Å². The van der Waals surface area contributed by atoms with Crippen molar-refractivity contribution in [2.24, 2.45) is 0 Å². The molecule has 1 heterocycles. The Labute approximate surface area is 159 Å². The molecule has 0 saturated heterocycles. The number of halogens is 3. The number of nitrogens with zero attached hydrogens (tertiary/aromatic N) is 1. The molecule has 5 nitrogen and oxygen atoms in total. The number of benzene rings is 2. The lowest BCUT2D eigenvalue weighted by Crippen LogP contribution is -2.32. The number of imide groups is 1. The Kier molecular flexibility index (Phi) is 5.15. The fourth-order valence-corrected chi connectivity index (χ4v) is 2.86. The molecular weight excluding hydrogens is 382 g/mol. The van der Waals surface area contributed by atoms with E-state index in [0.29, 0.717) is 18.0 Å². The third kappa shape index (κ3) is 3.25. The zero-order chi connectivity index (χ0) is 18.8. The molecule has 2 amide bonds. The van der Waals surface area contributed by atoms with Crippen LogP contribution in [0.3, 0.4) is 0 Å². The number of amides is 2. The number of rotatable bonds is 5. The van der Waals surface area contributed by atoms with E-state index >= 15 is 0 Å². The summed E-state index contributed by atoms with van der Waals surface area (Å²) in [6.07, 6.45) is 0. The highest BCUT2D eigenvalue weighted by Crippen LogP contribution is 2.35. The van der Waals surface area contributed by atoms with E-state index in [-0.39, 0.29) is 21.4 Å². The molecule has 26 heavy (non-hydrogen) atoms. The lowest BCUT2D eigenvalue weighted by atomic mass is 10.2. The van der Waals surface area contributed by atoms with Crippen molar-refractivity contribution < 1.29 is 18.7 Å². The highest BCUT2D eigenvalue weighted by molar-refractivity contribution is 6.53. The Morgan fingerprint density at radius 2 is 1.85 bits per heavy atom. The molecule has 0 unspecified atom stereocenters. The summed E-state index contributed by atoms with van der Waals surface area (Å²) < 4.78 is 18.8. The SMILES string of the molecule is CCOc1ccccc1N1C(=O)C(Cl)=C(Nc2ccc(F)c(Cl)c2)C1=O.